The Labute approximate surface area is 104 Å². The topological polar surface area (TPSA) is 54.4 Å². The minimum Gasteiger partial charge on any atom is -0.481 e. The molecule has 0 aromatic heterocycles. The van der Waals surface area contributed by atoms with Crippen molar-refractivity contribution in [3.8, 4) is 0 Å². The van der Waals surface area contributed by atoms with Gasteiger partial charge in [0.2, 0.25) is 0 Å². The molecule has 3 heteroatoms. The summed E-state index contributed by atoms with van der Waals surface area (Å²) in [5.41, 5.74) is 0. The van der Waals surface area contributed by atoms with Crippen LogP contribution in [0.25, 0.3) is 0 Å². The van der Waals surface area contributed by atoms with E-state index in [1.54, 1.807) is 6.92 Å². The molecule has 2 bridgehead atoms. The predicted molar refractivity (Wildman–Crippen MR) is 66.7 cm³/mol. The first-order valence-corrected chi connectivity index (χ1v) is 6.68. The first kappa shape index (κ1) is 14.2. The van der Waals surface area contributed by atoms with E-state index in [4.69, 9.17) is 5.11 Å². The summed E-state index contributed by atoms with van der Waals surface area (Å²) in [6, 6.07) is 0. The van der Waals surface area contributed by atoms with Crippen molar-refractivity contribution in [2.75, 3.05) is 0 Å². The lowest BCUT2D eigenvalue weighted by Gasteiger charge is -2.16. The summed E-state index contributed by atoms with van der Waals surface area (Å²) < 4.78 is 0. The summed E-state index contributed by atoms with van der Waals surface area (Å²) in [4.78, 5) is 21.0. The predicted octanol–water partition coefficient (Wildman–Crippen LogP) is 3.13. The van der Waals surface area contributed by atoms with Crippen LogP contribution in [0.1, 0.15) is 52.9 Å². The SMILES string of the molecule is CCC(C)C(C)=O.O=C(O)C1CC2CCC1C2. The van der Waals surface area contributed by atoms with E-state index in [9.17, 15) is 9.59 Å². The fourth-order valence-electron chi connectivity index (χ4n) is 2.83. The van der Waals surface area contributed by atoms with Crippen LogP contribution < -0.4 is 0 Å². The average molecular weight is 240 g/mol. The molecule has 98 valence electrons. The number of hydrogen-bond acceptors (Lipinski definition) is 2. The molecule has 2 rings (SSSR count). The summed E-state index contributed by atoms with van der Waals surface area (Å²) in [7, 11) is 0. The van der Waals surface area contributed by atoms with Crippen LogP contribution in [0.4, 0.5) is 0 Å². The smallest absolute Gasteiger partial charge is 0.306 e. The molecular formula is C14H24O3. The fourth-order valence-corrected chi connectivity index (χ4v) is 2.83. The zero-order valence-electron chi connectivity index (χ0n) is 11.1. The van der Waals surface area contributed by atoms with Gasteiger partial charge >= 0.3 is 5.97 Å². The molecule has 0 amide bonds. The maximum atomic E-state index is 10.6. The van der Waals surface area contributed by atoms with Gasteiger partial charge in [0.15, 0.2) is 0 Å². The minimum absolute atomic E-state index is 0.0127. The molecule has 2 fully saturated rings. The molecule has 0 aromatic carbocycles. The number of hydrogen-bond donors (Lipinski definition) is 1. The summed E-state index contributed by atoms with van der Waals surface area (Å²) in [6.07, 6.45) is 5.57. The second-order valence-electron chi connectivity index (χ2n) is 5.54. The van der Waals surface area contributed by atoms with Gasteiger partial charge in [-0.05, 0) is 44.4 Å². The number of carboxylic acid groups (broad SMARTS) is 1. The van der Waals surface area contributed by atoms with Crippen molar-refractivity contribution in [1.29, 1.82) is 0 Å². The molecule has 4 unspecified atom stereocenters. The van der Waals surface area contributed by atoms with Crippen LogP contribution in [0.15, 0.2) is 0 Å². The summed E-state index contributed by atoms with van der Waals surface area (Å²) >= 11 is 0. The molecule has 0 saturated heterocycles. The van der Waals surface area contributed by atoms with E-state index in [1.165, 1.54) is 19.3 Å². The molecule has 2 saturated carbocycles. The number of fused-ring (bicyclic) bond motifs is 2. The van der Waals surface area contributed by atoms with Crippen molar-refractivity contribution < 1.29 is 14.7 Å². The number of ketones is 1. The molecule has 0 heterocycles. The minimum atomic E-state index is -0.563. The Kier molecular flexibility index (Phi) is 5.16. The Balaban J connectivity index is 0.000000185. The molecular weight excluding hydrogens is 216 g/mol. The first-order valence-electron chi connectivity index (χ1n) is 6.68. The molecule has 0 radical (unpaired) electrons. The van der Waals surface area contributed by atoms with Gasteiger partial charge in [-0.25, -0.2) is 0 Å². The normalized spacial score (nSPS) is 31.6. The van der Waals surface area contributed by atoms with Gasteiger partial charge in [-0.15, -0.1) is 0 Å². The van der Waals surface area contributed by atoms with Crippen molar-refractivity contribution in [3.05, 3.63) is 0 Å². The molecule has 0 aromatic rings. The highest BCUT2D eigenvalue weighted by Gasteiger charge is 2.42. The van der Waals surface area contributed by atoms with Gasteiger partial charge in [0.25, 0.3) is 0 Å². The van der Waals surface area contributed by atoms with Crippen molar-refractivity contribution >= 4 is 11.8 Å². The summed E-state index contributed by atoms with van der Waals surface area (Å²) in [5.74, 6) is 1.29. The largest absolute Gasteiger partial charge is 0.481 e. The van der Waals surface area contributed by atoms with Gasteiger partial charge in [-0.2, -0.15) is 0 Å². The Bertz CT molecular complexity index is 285. The van der Waals surface area contributed by atoms with E-state index in [1.807, 2.05) is 13.8 Å². The molecule has 1 N–H and O–H groups in total. The number of carbonyl (C=O) groups is 2. The highest BCUT2D eigenvalue weighted by molar-refractivity contribution is 5.77. The van der Waals surface area contributed by atoms with Crippen LogP contribution in [-0.4, -0.2) is 16.9 Å². The zero-order chi connectivity index (χ0) is 13.0. The van der Waals surface area contributed by atoms with Crippen LogP contribution in [0.2, 0.25) is 0 Å². The molecule has 17 heavy (non-hydrogen) atoms. The highest BCUT2D eigenvalue weighted by Crippen LogP contribution is 2.48. The third-order valence-corrected chi connectivity index (χ3v) is 4.36. The van der Waals surface area contributed by atoms with Crippen LogP contribution in [0.5, 0.6) is 0 Å². The van der Waals surface area contributed by atoms with Gasteiger partial charge in [-0.1, -0.05) is 20.3 Å². The second-order valence-corrected chi connectivity index (χ2v) is 5.54. The monoisotopic (exact) mass is 240 g/mol. The molecule has 3 nitrogen and oxygen atoms in total. The maximum absolute atomic E-state index is 10.6. The lowest BCUT2D eigenvalue weighted by atomic mass is 9.89. The van der Waals surface area contributed by atoms with Crippen molar-refractivity contribution in [2.45, 2.75) is 52.9 Å². The number of rotatable bonds is 3. The van der Waals surface area contributed by atoms with E-state index in [2.05, 4.69) is 0 Å². The molecule has 4 atom stereocenters. The quantitative estimate of drug-likeness (QED) is 0.824. The lowest BCUT2D eigenvalue weighted by Crippen LogP contribution is -2.19. The first-order chi connectivity index (χ1) is 7.95. The Morgan fingerprint density at radius 3 is 2.12 bits per heavy atom. The van der Waals surface area contributed by atoms with Gasteiger partial charge in [0, 0.05) is 5.92 Å². The number of Topliss-reactive ketones (excluding diaryl/α,β-unsaturated/α-hetero) is 1. The third kappa shape index (κ3) is 3.83. The van der Waals surface area contributed by atoms with Crippen LogP contribution in [-0.2, 0) is 9.59 Å². The molecule has 2 aliphatic carbocycles. The van der Waals surface area contributed by atoms with E-state index >= 15 is 0 Å². The molecule has 2 aliphatic rings. The average Bonchev–Trinajstić information content (AvgIpc) is 2.90. The lowest BCUT2D eigenvalue weighted by molar-refractivity contribution is -0.143. The van der Waals surface area contributed by atoms with Crippen molar-refractivity contribution in [1.82, 2.24) is 0 Å². The van der Waals surface area contributed by atoms with Crippen LogP contribution in [0, 0.1) is 23.7 Å². The van der Waals surface area contributed by atoms with E-state index in [0.29, 0.717) is 11.7 Å². The van der Waals surface area contributed by atoms with E-state index < -0.39 is 5.97 Å². The number of carboxylic acids is 1. The molecule has 0 spiro atoms. The number of aliphatic carboxylic acids is 1. The van der Waals surface area contributed by atoms with Crippen molar-refractivity contribution in [3.63, 3.8) is 0 Å². The maximum Gasteiger partial charge on any atom is 0.306 e. The summed E-state index contributed by atoms with van der Waals surface area (Å²) in [6.45, 7) is 5.60. The standard InChI is InChI=1S/C8H12O2.C6H12O/c9-8(10)7-4-5-1-2-6(7)3-5;1-4-5(2)6(3)7/h5-7H,1-4H2,(H,9,10);5H,4H2,1-3H3. The van der Waals surface area contributed by atoms with Crippen LogP contribution in [0.3, 0.4) is 0 Å². The zero-order valence-corrected chi connectivity index (χ0v) is 11.1. The summed E-state index contributed by atoms with van der Waals surface area (Å²) in [5, 5.41) is 8.74. The van der Waals surface area contributed by atoms with Gasteiger partial charge in [-0.3, -0.25) is 9.59 Å². The fraction of sp³-hybridized carbons (Fsp3) is 0.857. The van der Waals surface area contributed by atoms with Gasteiger partial charge in [0.1, 0.15) is 5.78 Å². The molecule has 0 aliphatic heterocycles. The van der Waals surface area contributed by atoms with Crippen LogP contribution >= 0.6 is 0 Å². The second kappa shape index (κ2) is 6.18. The van der Waals surface area contributed by atoms with Gasteiger partial charge < -0.3 is 5.11 Å². The Morgan fingerprint density at radius 2 is 1.94 bits per heavy atom. The third-order valence-electron chi connectivity index (χ3n) is 4.36. The Hall–Kier alpha value is -0.860. The Morgan fingerprint density at radius 1 is 1.29 bits per heavy atom. The van der Waals surface area contributed by atoms with E-state index in [0.717, 1.165) is 18.8 Å². The number of carbonyl (C=O) groups excluding carboxylic acids is 1. The van der Waals surface area contributed by atoms with E-state index in [-0.39, 0.29) is 11.8 Å². The van der Waals surface area contributed by atoms with Crippen molar-refractivity contribution in [2.24, 2.45) is 23.7 Å². The van der Waals surface area contributed by atoms with Gasteiger partial charge in [0.05, 0.1) is 5.92 Å². The highest BCUT2D eigenvalue weighted by atomic mass is 16.4.